The zero-order chi connectivity index (χ0) is 20.6. The lowest BCUT2D eigenvalue weighted by Gasteiger charge is -2.15. The van der Waals surface area contributed by atoms with E-state index in [4.69, 9.17) is 9.47 Å². The molecule has 2 amide bonds. The molecule has 1 saturated heterocycles. The van der Waals surface area contributed by atoms with Gasteiger partial charge in [-0.05, 0) is 61.7 Å². The van der Waals surface area contributed by atoms with E-state index in [1.54, 1.807) is 49.6 Å². The van der Waals surface area contributed by atoms with Crippen LogP contribution in [0, 0.1) is 0 Å². The van der Waals surface area contributed by atoms with Gasteiger partial charge in [-0.15, -0.1) is 0 Å². The lowest BCUT2D eigenvalue weighted by molar-refractivity contribution is 0.0792. The number of methoxy groups -OCH3 is 1. The van der Waals surface area contributed by atoms with E-state index in [1.165, 1.54) is 0 Å². The van der Waals surface area contributed by atoms with Crippen LogP contribution >= 0.6 is 0 Å². The molecule has 0 aromatic heterocycles. The van der Waals surface area contributed by atoms with Crippen LogP contribution in [-0.2, 0) is 0 Å². The highest BCUT2D eigenvalue weighted by Gasteiger charge is 2.19. The van der Waals surface area contributed by atoms with E-state index < -0.39 is 0 Å². The summed E-state index contributed by atoms with van der Waals surface area (Å²) in [6, 6.07) is 12.1. The van der Waals surface area contributed by atoms with Crippen LogP contribution in [0.4, 0.5) is 5.69 Å². The average molecular weight is 396 g/mol. The monoisotopic (exact) mass is 396 g/mol. The molecule has 29 heavy (non-hydrogen) atoms. The van der Waals surface area contributed by atoms with Crippen molar-refractivity contribution < 1.29 is 19.1 Å². The molecule has 0 spiro atoms. The molecule has 1 N–H and O–H groups in total. The van der Waals surface area contributed by atoms with Crippen LogP contribution in [0.2, 0.25) is 0 Å². The molecule has 6 heteroatoms. The fourth-order valence-electron chi connectivity index (χ4n) is 3.26. The fourth-order valence-corrected chi connectivity index (χ4v) is 3.26. The Morgan fingerprint density at radius 1 is 1.00 bits per heavy atom. The lowest BCUT2D eigenvalue weighted by Crippen LogP contribution is -2.27. The van der Waals surface area contributed by atoms with Gasteiger partial charge < -0.3 is 19.7 Å². The summed E-state index contributed by atoms with van der Waals surface area (Å²) in [5.74, 6) is 0.952. The minimum absolute atomic E-state index is 0.0452. The number of amides is 2. The lowest BCUT2D eigenvalue weighted by atomic mass is 10.1. The van der Waals surface area contributed by atoms with Gasteiger partial charge in [0, 0.05) is 29.9 Å². The van der Waals surface area contributed by atoms with E-state index in [-0.39, 0.29) is 11.8 Å². The Balaban J connectivity index is 1.64. The third kappa shape index (κ3) is 5.28. The Hall–Kier alpha value is -3.02. The van der Waals surface area contributed by atoms with Gasteiger partial charge in [0.15, 0.2) is 11.5 Å². The summed E-state index contributed by atoms with van der Waals surface area (Å²) in [5, 5.41) is 2.86. The number of benzene rings is 2. The number of hydrogen-bond acceptors (Lipinski definition) is 4. The summed E-state index contributed by atoms with van der Waals surface area (Å²) >= 11 is 0. The average Bonchev–Trinajstić information content (AvgIpc) is 3.29. The molecule has 1 heterocycles. The van der Waals surface area contributed by atoms with Gasteiger partial charge in [-0.2, -0.15) is 0 Å². The Kier molecular flexibility index (Phi) is 7.11. The minimum Gasteiger partial charge on any atom is -0.493 e. The quantitative estimate of drug-likeness (QED) is 0.673. The first-order chi connectivity index (χ1) is 14.1. The van der Waals surface area contributed by atoms with Gasteiger partial charge in [-0.3, -0.25) is 9.59 Å². The predicted molar refractivity (Wildman–Crippen MR) is 113 cm³/mol. The Morgan fingerprint density at radius 2 is 1.69 bits per heavy atom. The SMILES string of the molecule is CCCCOc1ccc(C(=O)Nc2ccc(C(=O)N3CCCC3)cc2)cc1OC. The molecule has 0 saturated carbocycles. The van der Waals surface area contributed by atoms with E-state index in [0.717, 1.165) is 38.8 Å². The molecule has 154 valence electrons. The first-order valence-electron chi connectivity index (χ1n) is 10.1. The van der Waals surface area contributed by atoms with Gasteiger partial charge in [0.05, 0.1) is 13.7 Å². The largest absolute Gasteiger partial charge is 0.493 e. The number of anilines is 1. The van der Waals surface area contributed by atoms with E-state index in [2.05, 4.69) is 12.2 Å². The second-order valence-corrected chi connectivity index (χ2v) is 7.10. The van der Waals surface area contributed by atoms with Crippen molar-refractivity contribution in [2.24, 2.45) is 0 Å². The number of carbonyl (C=O) groups excluding carboxylic acids is 2. The number of carbonyl (C=O) groups is 2. The number of hydrogen-bond donors (Lipinski definition) is 1. The fraction of sp³-hybridized carbons (Fsp3) is 0.391. The van der Waals surface area contributed by atoms with E-state index >= 15 is 0 Å². The molecular formula is C23H28N2O4. The molecule has 3 rings (SSSR count). The smallest absolute Gasteiger partial charge is 0.255 e. The molecule has 6 nitrogen and oxygen atoms in total. The maximum atomic E-state index is 12.6. The molecule has 1 fully saturated rings. The molecule has 0 aliphatic carbocycles. The Morgan fingerprint density at radius 3 is 2.34 bits per heavy atom. The number of ether oxygens (including phenoxy) is 2. The van der Waals surface area contributed by atoms with Crippen LogP contribution in [0.15, 0.2) is 42.5 Å². The van der Waals surface area contributed by atoms with Crippen molar-refractivity contribution in [3.63, 3.8) is 0 Å². The molecule has 0 atom stereocenters. The maximum absolute atomic E-state index is 12.6. The van der Waals surface area contributed by atoms with Crippen LogP contribution in [0.1, 0.15) is 53.3 Å². The van der Waals surface area contributed by atoms with Gasteiger partial charge >= 0.3 is 0 Å². The number of nitrogens with one attached hydrogen (secondary N) is 1. The van der Waals surface area contributed by atoms with Gasteiger partial charge in [-0.1, -0.05) is 13.3 Å². The van der Waals surface area contributed by atoms with Crippen LogP contribution in [0.3, 0.4) is 0 Å². The summed E-state index contributed by atoms with van der Waals surface area (Å²) < 4.78 is 11.1. The number of rotatable bonds is 8. The van der Waals surface area contributed by atoms with Crippen molar-refractivity contribution >= 4 is 17.5 Å². The molecule has 1 aliphatic rings. The Labute approximate surface area is 171 Å². The maximum Gasteiger partial charge on any atom is 0.255 e. The van der Waals surface area contributed by atoms with Gasteiger partial charge in [0.1, 0.15) is 0 Å². The van der Waals surface area contributed by atoms with Crippen molar-refractivity contribution in [2.45, 2.75) is 32.6 Å². The second-order valence-electron chi connectivity index (χ2n) is 7.10. The minimum atomic E-state index is -0.248. The first kappa shape index (κ1) is 20.7. The standard InChI is InChI=1S/C23H28N2O4/c1-3-4-15-29-20-12-9-18(16-21(20)28-2)22(26)24-19-10-7-17(8-11-19)23(27)25-13-5-6-14-25/h7-12,16H,3-6,13-15H2,1-2H3,(H,24,26). The van der Waals surface area contributed by atoms with E-state index in [9.17, 15) is 9.59 Å². The highest BCUT2D eigenvalue weighted by molar-refractivity contribution is 6.05. The van der Waals surface area contributed by atoms with Crippen molar-refractivity contribution in [3.8, 4) is 11.5 Å². The molecule has 0 radical (unpaired) electrons. The van der Waals surface area contributed by atoms with Crippen LogP contribution < -0.4 is 14.8 Å². The highest BCUT2D eigenvalue weighted by atomic mass is 16.5. The van der Waals surface area contributed by atoms with E-state index in [1.807, 2.05) is 4.90 Å². The van der Waals surface area contributed by atoms with Gasteiger partial charge in [0.2, 0.25) is 0 Å². The molecule has 0 unspecified atom stereocenters. The zero-order valence-electron chi connectivity index (χ0n) is 17.1. The summed E-state index contributed by atoms with van der Waals surface area (Å²) in [6.45, 7) is 4.35. The topological polar surface area (TPSA) is 67.9 Å². The van der Waals surface area contributed by atoms with Crippen LogP contribution in [0.5, 0.6) is 11.5 Å². The van der Waals surface area contributed by atoms with E-state index in [0.29, 0.717) is 34.9 Å². The van der Waals surface area contributed by atoms with Crippen LogP contribution in [-0.4, -0.2) is 43.5 Å². The van der Waals surface area contributed by atoms with Crippen molar-refractivity contribution in [2.75, 3.05) is 32.1 Å². The summed E-state index contributed by atoms with van der Waals surface area (Å²) in [5.41, 5.74) is 1.75. The molecule has 1 aliphatic heterocycles. The number of unbranched alkanes of at least 4 members (excludes halogenated alkanes) is 1. The van der Waals surface area contributed by atoms with Gasteiger partial charge in [-0.25, -0.2) is 0 Å². The van der Waals surface area contributed by atoms with Crippen LogP contribution in [0.25, 0.3) is 0 Å². The summed E-state index contributed by atoms with van der Waals surface area (Å²) in [7, 11) is 1.56. The zero-order valence-corrected chi connectivity index (χ0v) is 17.1. The van der Waals surface area contributed by atoms with Crippen molar-refractivity contribution in [3.05, 3.63) is 53.6 Å². The van der Waals surface area contributed by atoms with Gasteiger partial charge in [0.25, 0.3) is 11.8 Å². The number of nitrogens with zero attached hydrogens (tertiary/aromatic N) is 1. The molecular weight excluding hydrogens is 368 g/mol. The third-order valence-electron chi connectivity index (χ3n) is 4.96. The summed E-state index contributed by atoms with van der Waals surface area (Å²) in [4.78, 5) is 26.9. The Bertz CT molecular complexity index is 842. The molecule has 2 aromatic rings. The molecule has 2 aromatic carbocycles. The van der Waals surface area contributed by atoms with Crippen molar-refractivity contribution in [1.29, 1.82) is 0 Å². The predicted octanol–water partition coefficient (Wildman–Crippen LogP) is 4.36. The normalized spacial score (nSPS) is 13.2. The summed E-state index contributed by atoms with van der Waals surface area (Å²) in [6.07, 6.45) is 4.13. The van der Waals surface area contributed by atoms with Crippen molar-refractivity contribution in [1.82, 2.24) is 4.90 Å². The molecule has 0 bridgehead atoms. The second kappa shape index (κ2) is 9.96. The first-order valence-corrected chi connectivity index (χ1v) is 10.1. The third-order valence-corrected chi connectivity index (χ3v) is 4.96. The number of likely N-dealkylation sites (tertiary alicyclic amines) is 1. The highest BCUT2D eigenvalue weighted by Crippen LogP contribution is 2.28.